The Balaban J connectivity index is 1.36. The lowest BCUT2D eigenvalue weighted by Crippen LogP contribution is -2.36. The number of hydrogen-bond acceptors (Lipinski definition) is 4. The lowest BCUT2D eigenvalue weighted by atomic mass is 10.0. The topological polar surface area (TPSA) is 62.6 Å². The van der Waals surface area contributed by atoms with Gasteiger partial charge in [-0.15, -0.1) is 0 Å². The quantitative estimate of drug-likeness (QED) is 0.264. The van der Waals surface area contributed by atoms with Crippen LogP contribution in [0.5, 0.6) is 11.5 Å². The van der Waals surface area contributed by atoms with Crippen LogP contribution in [0.4, 0.5) is 5.69 Å². The molecule has 1 aliphatic rings. The van der Waals surface area contributed by atoms with E-state index in [1.54, 1.807) is 11.0 Å². The number of rotatable bonds is 7. The predicted octanol–water partition coefficient (Wildman–Crippen LogP) is 5.65. The van der Waals surface area contributed by atoms with E-state index in [1.165, 1.54) is 0 Å². The third-order valence-corrected chi connectivity index (χ3v) is 5.85. The minimum atomic E-state index is -0.265. The van der Waals surface area contributed by atoms with Crippen LogP contribution in [0.3, 0.4) is 0 Å². The van der Waals surface area contributed by atoms with Gasteiger partial charge in [0.1, 0.15) is 36.4 Å². The van der Waals surface area contributed by atoms with Gasteiger partial charge in [0.15, 0.2) is 0 Å². The normalized spacial score (nSPS) is 13.1. The summed E-state index contributed by atoms with van der Waals surface area (Å²) in [6.07, 6.45) is 3.47. The van der Waals surface area contributed by atoms with Crippen molar-refractivity contribution < 1.29 is 14.3 Å². The maximum atomic E-state index is 13.1. The zero-order valence-electron chi connectivity index (χ0n) is 19.6. The highest BCUT2D eigenvalue weighted by Gasteiger charge is 2.24. The van der Waals surface area contributed by atoms with E-state index in [0.717, 1.165) is 46.5 Å². The highest BCUT2D eigenvalue weighted by molar-refractivity contribution is 6.11. The molecule has 0 aliphatic carbocycles. The smallest absolute Gasteiger partial charge is 0.268 e. The van der Waals surface area contributed by atoms with Crippen molar-refractivity contribution >= 4 is 17.7 Å². The summed E-state index contributed by atoms with van der Waals surface area (Å²) in [7, 11) is 0. The summed E-state index contributed by atoms with van der Waals surface area (Å²) in [5, 5.41) is 9.66. The molecule has 0 fully saturated rings. The second kappa shape index (κ2) is 10.7. The lowest BCUT2D eigenvalue weighted by Gasteiger charge is -2.29. The molecule has 0 radical (unpaired) electrons. The molecule has 0 saturated carbocycles. The maximum absolute atomic E-state index is 13.1. The van der Waals surface area contributed by atoms with E-state index in [9.17, 15) is 10.1 Å². The van der Waals surface area contributed by atoms with E-state index >= 15 is 0 Å². The van der Waals surface area contributed by atoms with Gasteiger partial charge in [0.25, 0.3) is 5.91 Å². The van der Waals surface area contributed by atoms with E-state index in [-0.39, 0.29) is 11.5 Å². The van der Waals surface area contributed by atoms with Gasteiger partial charge in [-0.05, 0) is 79.3 Å². The Labute approximate surface area is 200 Å². The highest BCUT2D eigenvalue weighted by Crippen LogP contribution is 2.28. The van der Waals surface area contributed by atoms with Gasteiger partial charge in [-0.2, -0.15) is 5.26 Å². The minimum Gasteiger partial charge on any atom is -0.490 e. The molecule has 1 amide bonds. The molecule has 1 aliphatic heterocycles. The van der Waals surface area contributed by atoms with Crippen LogP contribution in [0.15, 0.2) is 72.3 Å². The van der Waals surface area contributed by atoms with Gasteiger partial charge in [-0.25, -0.2) is 0 Å². The van der Waals surface area contributed by atoms with Crippen molar-refractivity contribution in [3.8, 4) is 17.6 Å². The van der Waals surface area contributed by atoms with Crippen molar-refractivity contribution in [3.05, 3.63) is 94.6 Å². The predicted molar refractivity (Wildman–Crippen MR) is 134 cm³/mol. The standard InChI is InChI=1S/C29H28N2O3/c1-21-9-10-22(2)28(18-21)34-17-16-33-26-13-11-23(12-14-26)19-25(20-30)29(32)31-15-5-7-24-6-3-4-8-27(24)31/h3-4,6,8-14,18-19H,5,7,15-17H2,1-2H3. The molecule has 0 spiro atoms. The third-order valence-electron chi connectivity index (χ3n) is 5.85. The summed E-state index contributed by atoms with van der Waals surface area (Å²) in [6, 6.07) is 23.4. The number of anilines is 1. The second-order valence-corrected chi connectivity index (χ2v) is 8.39. The molecule has 3 aromatic carbocycles. The summed E-state index contributed by atoms with van der Waals surface area (Å²) in [5.74, 6) is 1.31. The minimum absolute atomic E-state index is 0.118. The van der Waals surface area contributed by atoms with Crippen molar-refractivity contribution in [1.82, 2.24) is 0 Å². The van der Waals surface area contributed by atoms with Crippen molar-refractivity contribution in [2.75, 3.05) is 24.7 Å². The fourth-order valence-electron chi connectivity index (χ4n) is 4.03. The molecule has 5 nitrogen and oxygen atoms in total. The van der Waals surface area contributed by atoms with Gasteiger partial charge in [-0.3, -0.25) is 4.79 Å². The first kappa shape index (κ1) is 23.1. The van der Waals surface area contributed by atoms with Crippen LogP contribution in [0.2, 0.25) is 0 Å². The molecule has 4 rings (SSSR count). The first-order chi connectivity index (χ1) is 16.5. The van der Waals surface area contributed by atoms with Crippen molar-refractivity contribution in [1.29, 1.82) is 5.26 Å². The van der Waals surface area contributed by atoms with Crippen LogP contribution in [0.1, 0.15) is 28.7 Å². The third kappa shape index (κ3) is 5.47. The zero-order chi connectivity index (χ0) is 23.9. The fourth-order valence-corrected chi connectivity index (χ4v) is 4.03. The average molecular weight is 453 g/mol. The Morgan fingerprint density at radius 2 is 1.79 bits per heavy atom. The SMILES string of the molecule is Cc1ccc(C)c(OCCOc2ccc(C=C(C#N)C(=O)N3CCCc4ccccc43)cc2)c1. The monoisotopic (exact) mass is 452 g/mol. The van der Waals surface area contributed by atoms with Gasteiger partial charge in [-0.1, -0.05) is 42.5 Å². The number of carbonyl (C=O) groups is 1. The lowest BCUT2D eigenvalue weighted by molar-refractivity contribution is -0.114. The molecule has 1 heterocycles. The summed E-state index contributed by atoms with van der Waals surface area (Å²) < 4.78 is 11.6. The van der Waals surface area contributed by atoms with Crippen LogP contribution in [-0.4, -0.2) is 25.7 Å². The fraction of sp³-hybridized carbons (Fsp3) is 0.241. The Kier molecular flexibility index (Phi) is 7.29. The number of carbonyl (C=O) groups excluding carboxylic acids is 1. The van der Waals surface area contributed by atoms with E-state index in [0.29, 0.717) is 25.5 Å². The highest BCUT2D eigenvalue weighted by atomic mass is 16.5. The molecule has 0 bridgehead atoms. The van der Waals surface area contributed by atoms with E-state index in [2.05, 4.69) is 12.1 Å². The Hall–Kier alpha value is -4.04. The number of fused-ring (bicyclic) bond motifs is 1. The number of amides is 1. The second-order valence-electron chi connectivity index (χ2n) is 8.39. The van der Waals surface area contributed by atoms with Gasteiger partial charge in [0.2, 0.25) is 0 Å². The van der Waals surface area contributed by atoms with Crippen molar-refractivity contribution in [2.45, 2.75) is 26.7 Å². The van der Waals surface area contributed by atoms with Crippen LogP contribution in [-0.2, 0) is 11.2 Å². The maximum Gasteiger partial charge on any atom is 0.268 e. The van der Waals surface area contributed by atoms with Crippen LogP contribution in [0.25, 0.3) is 6.08 Å². The molecule has 172 valence electrons. The Bertz CT molecular complexity index is 1240. The van der Waals surface area contributed by atoms with Crippen molar-refractivity contribution in [2.24, 2.45) is 0 Å². The van der Waals surface area contributed by atoms with E-state index in [1.807, 2.05) is 74.5 Å². The molecular formula is C29H28N2O3. The first-order valence-corrected chi connectivity index (χ1v) is 11.5. The molecule has 3 aromatic rings. The molecule has 0 N–H and O–H groups in total. The number of ether oxygens (including phenoxy) is 2. The van der Waals surface area contributed by atoms with Gasteiger partial charge < -0.3 is 14.4 Å². The number of aryl methyl sites for hydroxylation is 3. The molecule has 0 atom stereocenters. The number of nitriles is 1. The largest absolute Gasteiger partial charge is 0.490 e. The van der Waals surface area contributed by atoms with Gasteiger partial charge in [0, 0.05) is 12.2 Å². The van der Waals surface area contributed by atoms with Crippen molar-refractivity contribution in [3.63, 3.8) is 0 Å². The average Bonchev–Trinajstić information content (AvgIpc) is 2.87. The van der Waals surface area contributed by atoms with Crippen LogP contribution >= 0.6 is 0 Å². The Morgan fingerprint density at radius 1 is 1.03 bits per heavy atom. The zero-order valence-corrected chi connectivity index (χ0v) is 19.6. The molecule has 34 heavy (non-hydrogen) atoms. The molecular weight excluding hydrogens is 424 g/mol. The summed E-state index contributed by atoms with van der Waals surface area (Å²) in [6.45, 7) is 5.53. The van der Waals surface area contributed by atoms with Gasteiger partial charge in [0.05, 0.1) is 0 Å². The molecule has 5 heteroatoms. The number of benzene rings is 3. The Morgan fingerprint density at radius 3 is 2.59 bits per heavy atom. The van der Waals surface area contributed by atoms with Crippen LogP contribution < -0.4 is 14.4 Å². The van der Waals surface area contributed by atoms with Gasteiger partial charge >= 0.3 is 0 Å². The summed E-state index contributed by atoms with van der Waals surface area (Å²) in [4.78, 5) is 14.8. The summed E-state index contributed by atoms with van der Waals surface area (Å²) in [5.41, 5.74) is 5.18. The number of para-hydroxylation sites is 1. The van der Waals surface area contributed by atoms with E-state index < -0.39 is 0 Å². The number of hydrogen-bond donors (Lipinski definition) is 0. The molecule has 0 aromatic heterocycles. The summed E-state index contributed by atoms with van der Waals surface area (Å²) >= 11 is 0. The van der Waals surface area contributed by atoms with Crippen LogP contribution in [0, 0.1) is 25.2 Å². The molecule has 0 saturated heterocycles. The van der Waals surface area contributed by atoms with E-state index in [4.69, 9.17) is 9.47 Å². The molecule has 0 unspecified atom stereocenters. The number of nitrogens with zero attached hydrogens (tertiary/aromatic N) is 2. The first-order valence-electron chi connectivity index (χ1n) is 11.5.